The second kappa shape index (κ2) is 9.28. The standard InChI is InChI=1S/C23H22FN3O3S/c1-26(23(29)21-7-4-14-31-21)19-6-3-2-5-17(19)22(28)25-16-8-9-20(18(24)15-16)27-10-12-30-13-11-27/h2-9,14-15H,10-13H2,1H3,(H,25,28). The molecule has 1 aliphatic heterocycles. The molecule has 0 bridgehead atoms. The van der Waals surface area contributed by atoms with Gasteiger partial charge in [0.2, 0.25) is 0 Å². The Morgan fingerprint density at radius 3 is 2.58 bits per heavy atom. The molecule has 31 heavy (non-hydrogen) atoms. The van der Waals surface area contributed by atoms with E-state index in [-0.39, 0.29) is 5.91 Å². The lowest BCUT2D eigenvalue weighted by atomic mass is 10.1. The Bertz CT molecular complexity index is 1080. The number of anilines is 3. The zero-order valence-electron chi connectivity index (χ0n) is 17.0. The van der Waals surface area contributed by atoms with Crippen LogP contribution in [0.3, 0.4) is 0 Å². The molecule has 4 rings (SSSR count). The quantitative estimate of drug-likeness (QED) is 0.646. The highest BCUT2D eigenvalue weighted by Gasteiger charge is 2.21. The molecule has 1 N–H and O–H groups in total. The van der Waals surface area contributed by atoms with E-state index in [0.717, 1.165) is 0 Å². The van der Waals surface area contributed by atoms with Crippen LogP contribution in [0.4, 0.5) is 21.5 Å². The van der Waals surface area contributed by atoms with E-state index in [1.807, 2.05) is 10.3 Å². The van der Waals surface area contributed by atoms with Crippen LogP contribution in [-0.2, 0) is 4.74 Å². The van der Waals surface area contributed by atoms with Gasteiger partial charge in [-0.15, -0.1) is 11.3 Å². The monoisotopic (exact) mass is 439 g/mol. The topological polar surface area (TPSA) is 61.9 Å². The van der Waals surface area contributed by atoms with Gasteiger partial charge in [0.05, 0.1) is 35.0 Å². The summed E-state index contributed by atoms with van der Waals surface area (Å²) in [6, 6.07) is 15.0. The lowest BCUT2D eigenvalue weighted by Crippen LogP contribution is -2.36. The molecule has 2 amide bonds. The normalized spacial score (nSPS) is 13.7. The van der Waals surface area contributed by atoms with E-state index in [2.05, 4.69) is 5.32 Å². The summed E-state index contributed by atoms with van der Waals surface area (Å²) in [5.41, 5.74) is 1.64. The summed E-state index contributed by atoms with van der Waals surface area (Å²) >= 11 is 1.34. The van der Waals surface area contributed by atoms with Gasteiger partial charge >= 0.3 is 0 Å². The van der Waals surface area contributed by atoms with Crippen LogP contribution in [0, 0.1) is 5.82 Å². The molecular weight excluding hydrogens is 417 g/mol. The molecule has 0 unspecified atom stereocenters. The third kappa shape index (κ3) is 4.60. The molecule has 8 heteroatoms. The number of carbonyl (C=O) groups excluding carboxylic acids is 2. The first-order chi connectivity index (χ1) is 15.0. The van der Waals surface area contributed by atoms with Crippen molar-refractivity contribution in [1.82, 2.24) is 0 Å². The van der Waals surface area contributed by atoms with Crippen molar-refractivity contribution >= 4 is 40.2 Å². The van der Waals surface area contributed by atoms with Crippen LogP contribution in [0.2, 0.25) is 0 Å². The number of ether oxygens (including phenoxy) is 1. The molecule has 6 nitrogen and oxygen atoms in total. The maximum Gasteiger partial charge on any atom is 0.268 e. The Balaban J connectivity index is 1.53. The fraction of sp³-hybridized carbons (Fsp3) is 0.217. The molecule has 0 radical (unpaired) electrons. The van der Waals surface area contributed by atoms with Crippen LogP contribution < -0.4 is 15.1 Å². The van der Waals surface area contributed by atoms with E-state index in [1.54, 1.807) is 55.6 Å². The lowest BCUT2D eigenvalue weighted by molar-refractivity contribution is 0.0996. The van der Waals surface area contributed by atoms with Crippen molar-refractivity contribution in [2.24, 2.45) is 0 Å². The number of nitrogens with zero attached hydrogens (tertiary/aromatic N) is 2. The van der Waals surface area contributed by atoms with E-state index >= 15 is 0 Å². The van der Waals surface area contributed by atoms with Gasteiger partial charge in [-0.25, -0.2) is 4.39 Å². The van der Waals surface area contributed by atoms with Crippen molar-refractivity contribution in [3.05, 3.63) is 76.2 Å². The molecule has 1 fully saturated rings. The first kappa shape index (κ1) is 21.0. The number of carbonyl (C=O) groups is 2. The van der Waals surface area contributed by atoms with Gasteiger partial charge in [-0.1, -0.05) is 18.2 Å². The molecule has 160 valence electrons. The minimum atomic E-state index is -0.417. The van der Waals surface area contributed by atoms with Gasteiger partial charge in [0.15, 0.2) is 0 Å². The summed E-state index contributed by atoms with van der Waals surface area (Å²) in [6.07, 6.45) is 0. The van der Waals surface area contributed by atoms with Gasteiger partial charge in [0.25, 0.3) is 11.8 Å². The van der Waals surface area contributed by atoms with Gasteiger partial charge in [-0.3, -0.25) is 9.59 Å². The number of benzene rings is 2. The van der Waals surface area contributed by atoms with E-state index in [4.69, 9.17) is 4.74 Å². The second-order valence-electron chi connectivity index (χ2n) is 7.08. The van der Waals surface area contributed by atoms with Crippen molar-refractivity contribution < 1.29 is 18.7 Å². The summed E-state index contributed by atoms with van der Waals surface area (Å²) in [7, 11) is 1.63. The fourth-order valence-electron chi connectivity index (χ4n) is 3.48. The largest absolute Gasteiger partial charge is 0.378 e. The lowest BCUT2D eigenvalue weighted by Gasteiger charge is -2.29. The predicted octanol–water partition coefficient (Wildman–Crippen LogP) is 4.25. The van der Waals surface area contributed by atoms with Crippen LogP contribution in [0.25, 0.3) is 0 Å². The SMILES string of the molecule is CN(C(=O)c1cccs1)c1ccccc1C(=O)Nc1ccc(N2CCOCC2)c(F)c1. The van der Waals surface area contributed by atoms with Gasteiger partial charge < -0.3 is 19.9 Å². The summed E-state index contributed by atoms with van der Waals surface area (Å²) in [4.78, 5) is 29.6. The molecule has 3 aromatic rings. The van der Waals surface area contributed by atoms with E-state index in [9.17, 15) is 14.0 Å². The first-order valence-electron chi connectivity index (χ1n) is 9.89. The second-order valence-corrected chi connectivity index (χ2v) is 8.03. The van der Waals surface area contributed by atoms with Crippen molar-refractivity contribution in [3.8, 4) is 0 Å². The highest BCUT2D eigenvalue weighted by Crippen LogP contribution is 2.26. The Morgan fingerprint density at radius 1 is 1.10 bits per heavy atom. The summed E-state index contributed by atoms with van der Waals surface area (Å²) in [5, 5.41) is 4.57. The number of nitrogens with one attached hydrogen (secondary N) is 1. The first-order valence-corrected chi connectivity index (χ1v) is 10.8. The van der Waals surface area contributed by atoms with E-state index in [1.165, 1.54) is 22.3 Å². The Kier molecular flexibility index (Phi) is 6.29. The molecule has 1 saturated heterocycles. The number of morpholine rings is 1. The third-order valence-electron chi connectivity index (χ3n) is 5.10. The van der Waals surface area contributed by atoms with Crippen LogP contribution in [0.5, 0.6) is 0 Å². The van der Waals surface area contributed by atoms with Crippen molar-refractivity contribution in [2.75, 3.05) is 48.5 Å². The molecule has 0 aliphatic carbocycles. The summed E-state index contributed by atoms with van der Waals surface area (Å²) in [6.45, 7) is 2.38. The van der Waals surface area contributed by atoms with Crippen LogP contribution >= 0.6 is 11.3 Å². The van der Waals surface area contributed by atoms with Gasteiger partial charge in [0, 0.05) is 25.8 Å². The summed E-state index contributed by atoms with van der Waals surface area (Å²) in [5.74, 6) is -1.02. The molecule has 0 atom stereocenters. The smallest absolute Gasteiger partial charge is 0.268 e. The zero-order valence-corrected chi connectivity index (χ0v) is 17.8. The van der Waals surface area contributed by atoms with Crippen molar-refractivity contribution in [3.63, 3.8) is 0 Å². The summed E-state index contributed by atoms with van der Waals surface area (Å²) < 4.78 is 20.0. The van der Waals surface area contributed by atoms with Gasteiger partial charge in [0.1, 0.15) is 5.82 Å². The number of para-hydroxylation sites is 1. The molecule has 2 heterocycles. The molecule has 0 spiro atoms. The number of amides is 2. The average Bonchev–Trinajstić information content (AvgIpc) is 3.34. The number of hydrogen-bond acceptors (Lipinski definition) is 5. The Morgan fingerprint density at radius 2 is 1.87 bits per heavy atom. The Labute approximate surface area is 183 Å². The van der Waals surface area contributed by atoms with Crippen LogP contribution in [0.1, 0.15) is 20.0 Å². The Hall–Kier alpha value is -3.23. The van der Waals surface area contributed by atoms with Gasteiger partial charge in [-0.05, 0) is 41.8 Å². The van der Waals surface area contributed by atoms with Crippen LogP contribution in [-0.4, -0.2) is 45.2 Å². The average molecular weight is 440 g/mol. The number of thiophene rings is 1. The van der Waals surface area contributed by atoms with E-state index < -0.39 is 11.7 Å². The molecule has 0 saturated carbocycles. The fourth-order valence-corrected chi connectivity index (χ4v) is 4.18. The highest BCUT2D eigenvalue weighted by molar-refractivity contribution is 7.12. The van der Waals surface area contributed by atoms with Gasteiger partial charge in [-0.2, -0.15) is 0 Å². The maximum absolute atomic E-state index is 14.7. The number of rotatable bonds is 5. The van der Waals surface area contributed by atoms with Crippen LogP contribution in [0.15, 0.2) is 60.0 Å². The predicted molar refractivity (Wildman–Crippen MR) is 121 cm³/mol. The number of halogens is 1. The minimum absolute atomic E-state index is 0.198. The van der Waals surface area contributed by atoms with E-state index in [0.29, 0.717) is 53.8 Å². The van der Waals surface area contributed by atoms with Crippen molar-refractivity contribution in [2.45, 2.75) is 0 Å². The number of hydrogen-bond donors (Lipinski definition) is 1. The van der Waals surface area contributed by atoms with Crippen molar-refractivity contribution in [1.29, 1.82) is 0 Å². The maximum atomic E-state index is 14.7. The highest BCUT2D eigenvalue weighted by atomic mass is 32.1. The molecule has 2 aromatic carbocycles. The zero-order chi connectivity index (χ0) is 21.8. The minimum Gasteiger partial charge on any atom is -0.378 e. The molecular formula is C23H22FN3O3S. The molecule has 1 aromatic heterocycles. The third-order valence-corrected chi connectivity index (χ3v) is 5.96. The molecule has 1 aliphatic rings.